The van der Waals surface area contributed by atoms with Crippen molar-refractivity contribution >= 4 is 39.7 Å². The maximum atomic E-state index is 13.3. The second kappa shape index (κ2) is 7.34. The summed E-state index contributed by atoms with van der Waals surface area (Å²) in [5.74, 6) is 0.828. The summed E-state index contributed by atoms with van der Waals surface area (Å²) in [7, 11) is 1.93. The molecule has 172 valence electrons. The molecule has 2 aromatic heterocycles. The summed E-state index contributed by atoms with van der Waals surface area (Å²) in [5.41, 5.74) is 3.07. The standard InChI is InChI=1S/C29H24N4O2/c1-29(2,3)33-23(30-27-28(33)31-26(32(27)4)17-10-6-5-7-11-17)16-22-24(34)20-14-18-12-8-9-13-19(18)15-21(20)25(22)35/h5-16H,1-4H3. The molecule has 0 saturated carbocycles. The molecule has 6 heteroatoms. The first kappa shape index (κ1) is 21.2. The monoisotopic (exact) mass is 460 g/mol. The average Bonchev–Trinajstić information content (AvgIpc) is 3.43. The second-order valence-electron chi connectivity index (χ2n) is 9.95. The lowest BCUT2D eigenvalue weighted by Crippen LogP contribution is -2.23. The first-order valence-corrected chi connectivity index (χ1v) is 11.6. The molecular weight excluding hydrogens is 436 g/mol. The molecular formula is C29H24N4O2. The summed E-state index contributed by atoms with van der Waals surface area (Å²) >= 11 is 0. The predicted molar refractivity (Wildman–Crippen MR) is 138 cm³/mol. The number of aryl methyl sites for hydroxylation is 1. The van der Waals surface area contributed by atoms with Gasteiger partial charge < -0.3 is 9.13 Å². The summed E-state index contributed by atoms with van der Waals surface area (Å²) in [4.78, 5) is 36.4. The third kappa shape index (κ3) is 3.17. The number of nitrogens with zero attached hydrogens (tertiary/aromatic N) is 4. The Morgan fingerprint density at radius 1 is 0.771 bits per heavy atom. The number of hydrogen-bond donors (Lipinski definition) is 0. The van der Waals surface area contributed by atoms with Gasteiger partial charge in [-0.15, -0.1) is 0 Å². The Kier molecular flexibility index (Phi) is 4.45. The summed E-state index contributed by atoms with van der Waals surface area (Å²) in [6.45, 7) is 6.19. The van der Waals surface area contributed by atoms with Crippen LogP contribution in [0.25, 0.3) is 39.5 Å². The third-order valence-corrected chi connectivity index (χ3v) is 6.55. The maximum absolute atomic E-state index is 13.3. The van der Waals surface area contributed by atoms with Crippen molar-refractivity contribution in [3.8, 4) is 11.4 Å². The molecule has 0 bridgehead atoms. The van der Waals surface area contributed by atoms with E-state index in [4.69, 9.17) is 9.97 Å². The van der Waals surface area contributed by atoms with Gasteiger partial charge in [0.25, 0.3) is 0 Å². The van der Waals surface area contributed by atoms with E-state index in [-0.39, 0.29) is 22.7 Å². The normalized spacial score (nSPS) is 13.8. The molecule has 0 atom stereocenters. The van der Waals surface area contributed by atoms with E-state index in [0.717, 1.165) is 22.2 Å². The van der Waals surface area contributed by atoms with Crippen molar-refractivity contribution in [2.45, 2.75) is 26.3 Å². The number of aromatic nitrogens is 4. The van der Waals surface area contributed by atoms with Gasteiger partial charge in [0.05, 0.1) is 5.57 Å². The molecule has 1 aliphatic rings. The fourth-order valence-corrected chi connectivity index (χ4v) is 4.89. The lowest BCUT2D eigenvalue weighted by molar-refractivity contribution is 0.0990. The van der Waals surface area contributed by atoms with Crippen LogP contribution in [0.1, 0.15) is 47.3 Å². The van der Waals surface area contributed by atoms with Crippen LogP contribution < -0.4 is 0 Å². The zero-order valence-corrected chi connectivity index (χ0v) is 20.0. The molecule has 0 saturated heterocycles. The molecule has 5 aromatic rings. The number of hydrogen-bond acceptors (Lipinski definition) is 4. The predicted octanol–water partition coefficient (Wildman–Crippen LogP) is 5.81. The zero-order valence-electron chi connectivity index (χ0n) is 20.0. The Morgan fingerprint density at radius 2 is 1.34 bits per heavy atom. The average molecular weight is 461 g/mol. The van der Waals surface area contributed by atoms with E-state index >= 15 is 0 Å². The minimum Gasteiger partial charge on any atom is -0.310 e. The van der Waals surface area contributed by atoms with Crippen molar-refractivity contribution in [2.75, 3.05) is 0 Å². The number of benzene rings is 3. The molecule has 35 heavy (non-hydrogen) atoms. The Morgan fingerprint density at radius 3 is 1.91 bits per heavy atom. The number of rotatable bonds is 2. The SMILES string of the molecule is Cn1c(-c2ccccc2)nc2c1nc(C=C1C(=O)c3cc4ccccc4cc3C1=O)n2C(C)(C)C. The van der Waals surface area contributed by atoms with Gasteiger partial charge in [0.2, 0.25) is 0 Å². The van der Waals surface area contributed by atoms with Gasteiger partial charge in [-0.2, -0.15) is 0 Å². The van der Waals surface area contributed by atoms with E-state index in [1.807, 2.05) is 82.9 Å². The summed E-state index contributed by atoms with van der Waals surface area (Å²) in [6, 6.07) is 21.3. The van der Waals surface area contributed by atoms with Crippen molar-refractivity contribution in [3.05, 3.63) is 89.3 Å². The van der Waals surface area contributed by atoms with Crippen molar-refractivity contribution < 1.29 is 9.59 Å². The smallest absolute Gasteiger partial charge is 0.197 e. The van der Waals surface area contributed by atoms with Crippen LogP contribution in [-0.2, 0) is 12.6 Å². The van der Waals surface area contributed by atoms with Gasteiger partial charge in [0, 0.05) is 29.3 Å². The molecule has 6 rings (SSSR count). The summed E-state index contributed by atoms with van der Waals surface area (Å²) in [5, 5.41) is 1.88. The molecule has 3 aromatic carbocycles. The van der Waals surface area contributed by atoms with E-state index < -0.39 is 0 Å². The number of imidazole rings is 2. The fraction of sp³-hybridized carbons (Fsp3) is 0.172. The Labute approximate surface area is 202 Å². The van der Waals surface area contributed by atoms with E-state index in [0.29, 0.717) is 28.2 Å². The second-order valence-corrected chi connectivity index (χ2v) is 9.95. The highest BCUT2D eigenvalue weighted by Crippen LogP contribution is 2.34. The van der Waals surface area contributed by atoms with Crippen molar-refractivity contribution in [1.29, 1.82) is 0 Å². The Balaban J connectivity index is 1.53. The Hall–Kier alpha value is -4.32. The first-order chi connectivity index (χ1) is 16.7. The van der Waals surface area contributed by atoms with Gasteiger partial charge in [-0.3, -0.25) is 9.59 Å². The molecule has 0 spiro atoms. The van der Waals surface area contributed by atoms with Gasteiger partial charge >= 0.3 is 0 Å². The number of carbonyl (C=O) groups excluding carboxylic acids is 2. The molecule has 0 unspecified atom stereocenters. The molecule has 0 aliphatic heterocycles. The first-order valence-electron chi connectivity index (χ1n) is 11.6. The maximum Gasteiger partial charge on any atom is 0.197 e. The molecule has 0 amide bonds. The number of Topliss-reactive ketones (excluding diaryl/α,β-unsaturated/α-hetero) is 2. The van der Waals surface area contributed by atoms with Gasteiger partial charge in [-0.25, -0.2) is 9.97 Å². The highest BCUT2D eigenvalue weighted by Gasteiger charge is 2.35. The van der Waals surface area contributed by atoms with Crippen LogP contribution in [0.15, 0.2) is 72.3 Å². The summed E-state index contributed by atoms with van der Waals surface area (Å²) in [6.07, 6.45) is 1.63. The Bertz CT molecular complexity index is 1660. The largest absolute Gasteiger partial charge is 0.310 e. The lowest BCUT2D eigenvalue weighted by Gasteiger charge is -2.22. The van der Waals surface area contributed by atoms with Crippen LogP contribution in [0, 0.1) is 0 Å². The molecule has 2 heterocycles. The minimum atomic E-state index is -0.379. The minimum absolute atomic E-state index is 0.138. The molecule has 6 nitrogen and oxygen atoms in total. The number of fused-ring (bicyclic) bond motifs is 3. The molecule has 0 fully saturated rings. The fourth-order valence-electron chi connectivity index (χ4n) is 4.89. The molecule has 0 N–H and O–H groups in total. The number of allylic oxidation sites excluding steroid dienone is 1. The van der Waals surface area contributed by atoms with Crippen molar-refractivity contribution in [1.82, 2.24) is 19.1 Å². The number of ketones is 2. The van der Waals surface area contributed by atoms with E-state index in [1.54, 1.807) is 6.08 Å². The quantitative estimate of drug-likeness (QED) is 0.246. The highest BCUT2D eigenvalue weighted by molar-refractivity contribution is 6.42. The van der Waals surface area contributed by atoms with Gasteiger partial charge in [-0.05, 0) is 49.8 Å². The topological polar surface area (TPSA) is 69.8 Å². The van der Waals surface area contributed by atoms with Gasteiger partial charge in [0.1, 0.15) is 11.6 Å². The van der Waals surface area contributed by atoms with E-state index in [1.165, 1.54) is 0 Å². The van der Waals surface area contributed by atoms with Crippen LogP contribution in [0.2, 0.25) is 0 Å². The lowest BCUT2D eigenvalue weighted by atomic mass is 10.0. The van der Waals surface area contributed by atoms with E-state index in [2.05, 4.69) is 20.8 Å². The van der Waals surface area contributed by atoms with Crippen LogP contribution in [0.4, 0.5) is 0 Å². The van der Waals surface area contributed by atoms with Gasteiger partial charge in [-0.1, -0.05) is 54.6 Å². The number of carbonyl (C=O) groups is 2. The van der Waals surface area contributed by atoms with Crippen LogP contribution in [0.5, 0.6) is 0 Å². The van der Waals surface area contributed by atoms with E-state index in [9.17, 15) is 9.59 Å². The molecule has 0 radical (unpaired) electrons. The zero-order chi connectivity index (χ0) is 24.5. The van der Waals surface area contributed by atoms with Crippen LogP contribution in [-0.4, -0.2) is 30.7 Å². The van der Waals surface area contributed by atoms with Crippen LogP contribution in [0.3, 0.4) is 0 Å². The van der Waals surface area contributed by atoms with Crippen LogP contribution >= 0.6 is 0 Å². The highest BCUT2D eigenvalue weighted by atomic mass is 16.2. The third-order valence-electron chi connectivity index (χ3n) is 6.55. The molecule has 1 aliphatic carbocycles. The van der Waals surface area contributed by atoms with Crippen molar-refractivity contribution in [3.63, 3.8) is 0 Å². The van der Waals surface area contributed by atoms with Crippen molar-refractivity contribution in [2.24, 2.45) is 7.05 Å². The summed E-state index contributed by atoms with van der Waals surface area (Å²) < 4.78 is 3.95. The van der Waals surface area contributed by atoms with Gasteiger partial charge in [0.15, 0.2) is 22.9 Å².